The third-order valence-corrected chi connectivity index (χ3v) is 4.33. The molecule has 1 aromatic heterocycles. The van der Waals surface area contributed by atoms with Crippen molar-refractivity contribution in [3.8, 4) is 0 Å². The smallest absolute Gasteiger partial charge is 0.238 e. The molecule has 0 saturated carbocycles. The molecule has 1 heterocycles. The summed E-state index contributed by atoms with van der Waals surface area (Å²) in [4.78, 5) is 14.9. The summed E-state index contributed by atoms with van der Waals surface area (Å²) >= 11 is 0. The normalized spacial score (nSPS) is 13.1. The van der Waals surface area contributed by atoms with Gasteiger partial charge in [0.25, 0.3) is 0 Å². The third kappa shape index (κ3) is 2.13. The highest BCUT2D eigenvalue weighted by molar-refractivity contribution is 7.93. The van der Waals surface area contributed by atoms with E-state index in [4.69, 9.17) is 5.73 Å². The number of anilines is 1. The number of nitrogen functional groups attached to an aromatic ring is 1. The van der Waals surface area contributed by atoms with Gasteiger partial charge >= 0.3 is 0 Å². The number of sulfone groups is 1. The maximum Gasteiger partial charge on any atom is 0.238 e. The van der Waals surface area contributed by atoms with Crippen molar-refractivity contribution >= 4 is 21.4 Å². The molecule has 88 valence electrons. The van der Waals surface area contributed by atoms with E-state index < -0.39 is 21.0 Å². The molecule has 0 aliphatic heterocycles. The lowest BCUT2D eigenvalue weighted by Gasteiger charge is -2.12. The fourth-order valence-corrected chi connectivity index (χ4v) is 2.60. The first kappa shape index (κ1) is 12.4. The molecule has 1 aromatic rings. The molecular weight excluding hydrogens is 230 g/mol. The van der Waals surface area contributed by atoms with Crippen molar-refractivity contribution in [3.05, 3.63) is 18.5 Å². The van der Waals surface area contributed by atoms with Crippen LogP contribution in [0.25, 0.3) is 0 Å². The second-order valence-electron chi connectivity index (χ2n) is 3.21. The molecule has 1 atom stereocenters. The van der Waals surface area contributed by atoms with E-state index in [1.165, 1.54) is 32.4 Å². The van der Waals surface area contributed by atoms with E-state index in [0.717, 1.165) is 0 Å². The summed E-state index contributed by atoms with van der Waals surface area (Å²) in [5.74, 6) is -0.573. The van der Waals surface area contributed by atoms with Crippen molar-refractivity contribution < 1.29 is 13.2 Å². The van der Waals surface area contributed by atoms with Crippen LogP contribution in [0.4, 0.5) is 5.69 Å². The zero-order chi connectivity index (χ0) is 12.3. The molecule has 0 fully saturated rings. The molecule has 0 bridgehead atoms. The topological polar surface area (TPSA) is 102 Å². The van der Waals surface area contributed by atoms with Gasteiger partial charge in [-0.25, -0.2) is 8.42 Å². The Labute approximate surface area is 93.8 Å². The molecule has 1 rings (SSSR count). The van der Waals surface area contributed by atoms with Gasteiger partial charge in [-0.05, 0) is 13.0 Å². The molecule has 0 radical (unpaired) electrons. The Balaban J connectivity index is 3.23. The number of hydrogen-bond acceptors (Lipinski definition) is 5. The quantitative estimate of drug-likeness (QED) is 0.750. The second-order valence-corrected chi connectivity index (χ2v) is 5.45. The Bertz CT molecular complexity index is 498. The number of nitrogens with two attached hydrogens (primary N) is 1. The Hall–Kier alpha value is -1.63. The van der Waals surface area contributed by atoms with Gasteiger partial charge in [-0.1, -0.05) is 0 Å². The molecule has 3 N–H and O–H groups in total. The minimum absolute atomic E-state index is 0.0400. The number of nitrogens with one attached hydrogen (secondary N) is 1. The van der Waals surface area contributed by atoms with E-state index in [-0.39, 0.29) is 10.6 Å². The molecule has 0 saturated heterocycles. The minimum atomic E-state index is -3.76. The van der Waals surface area contributed by atoms with Crippen LogP contribution in [0.1, 0.15) is 6.92 Å². The Morgan fingerprint density at radius 1 is 1.56 bits per heavy atom. The molecule has 0 aliphatic carbocycles. The van der Waals surface area contributed by atoms with Gasteiger partial charge < -0.3 is 11.1 Å². The van der Waals surface area contributed by atoms with Gasteiger partial charge in [0.2, 0.25) is 5.91 Å². The van der Waals surface area contributed by atoms with Crippen LogP contribution in [0.5, 0.6) is 0 Å². The fourth-order valence-electron chi connectivity index (χ4n) is 1.19. The predicted molar refractivity (Wildman–Crippen MR) is 59.4 cm³/mol. The second kappa shape index (κ2) is 4.48. The Morgan fingerprint density at radius 3 is 2.69 bits per heavy atom. The van der Waals surface area contributed by atoms with Gasteiger partial charge in [0.05, 0.1) is 16.8 Å². The lowest BCUT2D eigenvalue weighted by atomic mass is 10.4. The van der Waals surface area contributed by atoms with Crippen LogP contribution >= 0.6 is 0 Å². The van der Waals surface area contributed by atoms with Crippen LogP contribution in [0.2, 0.25) is 0 Å². The third-order valence-electron chi connectivity index (χ3n) is 2.20. The fraction of sp³-hybridized carbons (Fsp3) is 0.333. The highest BCUT2D eigenvalue weighted by atomic mass is 32.2. The lowest BCUT2D eigenvalue weighted by Crippen LogP contribution is -2.36. The minimum Gasteiger partial charge on any atom is -0.396 e. The van der Waals surface area contributed by atoms with Gasteiger partial charge in [-0.3, -0.25) is 9.78 Å². The summed E-state index contributed by atoms with van der Waals surface area (Å²) in [6, 6.07) is 1.28. The van der Waals surface area contributed by atoms with E-state index in [2.05, 4.69) is 10.3 Å². The van der Waals surface area contributed by atoms with Gasteiger partial charge in [0, 0.05) is 13.2 Å². The monoisotopic (exact) mass is 243 g/mol. The summed E-state index contributed by atoms with van der Waals surface area (Å²) < 4.78 is 24.0. The molecule has 1 unspecified atom stereocenters. The number of nitrogens with zero attached hydrogens (tertiary/aromatic N) is 1. The summed E-state index contributed by atoms with van der Waals surface area (Å²) in [6.45, 7) is 1.31. The number of amides is 1. The van der Waals surface area contributed by atoms with Crippen LogP contribution in [-0.4, -0.2) is 31.6 Å². The standard InChI is InChI=1S/C9H13N3O3S/c1-6(9(13)11-2)16(14,15)8-3-4-12-5-7(8)10/h3-6H,10H2,1-2H3,(H,11,13). The summed E-state index contributed by atoms with van der Waals surface area (Å²) in [7, 11) is -2.38. The molecule has 16 heavy (non-hydrogen) atoms. The van der Waals surface area contributed by atoms with E-state index in [1.807, 2.05) is 0 Å². The van der Waals surface area contributed by atoms with Crippen LogP contribution in [-0.2, 0) is 14.6 Å². The number of hydrogen-bond donors (Lipinski definition) is 2. The Kier molecular flexibility index (Phi) is 3.48. The predicted octanol–water partition coefficient (Wildman–Crippen LogP) is -0.428. The van der Waals surface area contributed by atoms with E-state index in [1.54, 1.807) is 0 Å². The summed E-state index contributed by atoms with van der Waals surface area (Å²) in [6.07, 6.45) is 2.56. The molecule has 1 amide bonds. The molecule has 0 spiro atoms. The number of aromatic nitrogens is 1. The van der Waals surface area contributed by atoms with Crippen molar-refractivity contribution in [2.75, 3.05) is 12.8 Å². The SMILES string of the molecule is CNC(=O)C(C)S(=O)(=O)c1ccncc1N. The average Bonchev–Trinajstić information content (AvgIpc) is 2.27. The maximum absolute atomic E-state index is 12.0. The van der Waals surface area contributed by atoms with Crippen LogP contribution in [0, 0.1) is 0 Å². The van der Waals surface area contributed by atoms with Crippen molar-refractivity contribution in [1.29, 1.82) is 0 Å². The zero-order valence-electron chi connectivity index (χ0n) is 8.97. The van der Waals surface area contributed by atoms with Crippen molar-refractivity contribution in [2.24, 2.45) is 0 Å². The highest BCUT2D eigenvalue weighted by Crippen LogP contribution is 2.21. The van der Waals surface area contributed by atoms with Crippen molar-refractivity contribution in [2.45, 2.75) is 17.1 Å². The first-order chi connectivity index (χ1) is 7.41. The number of rotatable bonds is 3. The van der Waals surface area contributed by atoms with Gasteiger partial charge in [0.15, 0.2) is 9.84 Å². The van der Waals surface area contributed by atoms with E-state index >= 15 is 0 Å². The van der Waals surface area contributed by atoms with Gasteiger partial charge in [-0.15, -0.1) is 0 Å². The van der Waals surface area contributed by atoms with Crippen LogP contribution in [0.3, 0.4) is 0 Å². The lowest BCUT2D eigenvalue weighted by molar-refractivity contribution is -0.119. The van der Waals surface area contributed by atoms with Gasteiger partial charge in [0.1, 0.15) is 5.25 Å². The van der Waals surface area contributed by atoms with Crippen LogP contribution < -0.4 is 11.1 Å². The number of carbonyl (C=O) groups excluding carboxylic acids is 1. The van der Waals surface area contributed by atoms with Gasteiger partial charge in [-0.2, -0.15) is 0 Å². The largest absolute Gasteiger partial charge is 0.396 e. The molecule has 6 nitrogen and oxygen atoms in total. The first-order valence-electron chi connectivity index (χ1n) is 4.56. The summed E-state index contributed by atoms with van der Waals surface area (Å²) in [5, 5.41) is 1.11. The first-order valence-corrected chi connectivity index (χ1v) is 6.11. The number of pyridine rings is 1. The maximum atomic E-state index is 12.0. The van der Waals surface area contributed by atoms with E-state index in [0.29, 0.717) is 0 Å². The van der Waals surface area contributed by atoms with Crippen molar-refractivity contribution in [1.82, 2.24) is 10.3 Å². The molecule has 0 aliphatic rings. The molecule has 0 aromatic carbocycles. The highest BCUT2D eigenvalue weighted by Gasteiger charge is 2.30. The van der Waals surface area contributed by atoms with Crippen molar-refractivity contribution in [3.63, 3.8) is 0 Å². The summed E-state index contributed by atoms with van der Waals surface area (Å²) in [5.41, 5.74) is 5.55. The molecular formula is C9H13N3O3S. The molecule has 7 heteroatoms. The van der Waals surface area contributed by atoms with E-state index in [9.17, 15) is 13.2 Å². The average molecular weight is 243 g/mol. The Morgan fingerprint density at radius 2 is 2.19 bits per heavy atom. The number of carbonyl (C=O) groups is 1. The van der Waals surface area contributed by atoms with Crippen LogP contribution in [0.15, 0.2) is 23.4 Å². The zero-order valence-corrected chi connectivity index (χ0v) is 9.78.